The van der Waals surface area contributed by atoms with Gasteiger partial charge in [-0.05, 0) is 25.1 Å². The number of carboxylic acids is 1. The Kier molecular flexibility index (Phi) is 3.39. The summed E-state index contributed by atoms with van der Waals surface area (Å²) < 4.78 is 1.81. The van der Waals surface area contributed by atoms with E-state index in [4.69, 9.17) is 5.11 Å². The highest BCUT2D eigenvalue weighted by Gasteiger charge is 2.09. The molecular weight excluding hydrogens is 236 g/mol. The van der Waals surface area contributed by atoms with Gasteiger partial charge in [0, 0.05) is 6.20 Å². The molecule has 1 N–H and O–H groups in total. The number of thiophene rings is 1. The van der Waals surface area contributed by atoms with Crippen LogP contribution in [0.5, 0.6) is 0 Å². The summed E-state index contributed by atoms with van der Waals surface area (Å²) in [6.07, 6.45) is 5.86. The van der Waals surface area contributed by atoms with Crippen molar-refractivity contribution in [3.05, 3.63) is 41.4 Å². The van der Waals surface area contributed by atoms with E-state index in [1.165, 1.54) is 11.3 Å². The Balaban J connectivity index is 2.21. The van der Waals surface area contributed by atoms with Gasteiger partial charge in [-0.15, -0.1) is 11.3 Å². The van der Waals surface area contributed by atoms with Crippen molar-refractivity contribution < 1.29 is 9.90 Å². The van der Waals surface area contributed by atoms with Crippen molar-refractivity contribution in [2.45, 2.75) is 13.5 Å². The summed E-state index contributed by atoms with van der Waals surface area (Å²) in [5.41, 5.74) is 0.812. The number of hydrogen-bond donors (Lipinski definition) is 1. The smallest absolute Gasteiger partial charge is 0.345 e. The molecule has 4 nitrogen and oxygen atoms in total. The lowest BCUT2D eigenvalue weighted by Crippen LogP contribution is -1.95. The summed E-state index contributed by atoms with van der Waals surface area (Å²) >= 11 is 1.24. The highest BCUT2D eigenvalue weighted by molar-refractivity contribution is 7.17. The lowest BCUT2D eigenvalue weighted by Gasteiger charge is -1.93. The molecule has 5 heteroatoms. The average Bonchev–Trinajstić information content (AvgIpc) is 2.94. The largest absolute Gasteiger partial charge is 0.477 e. The summed E-state index contributed by atoms with van der Waals surface area (Å²) in [5, 5.41) is 13.2. The van der Waals surface area contributed by atoms with Crippen LogP contribution in [0.4, 0.5) is 0 Å². The summed E-state index contributed by atoms with van der Waals surface area (Å²) in [6, 6.07) is 5.28. The maximum atomic E-state index is 10.8. The monoisotopic (exact) mass is 248 g/mol. The minimum absolute atomic E-state index is 0.336. The number of carbonyl (C=O) groups is 1. The van der Waals surface area contributed by atoms with Crippen molar-refractivity contribution in [2.24, 2.45) is 0 Å². The minimum atomic E-state index is -0.894. The van der Waals surface area contributed by atoms with Crippen LogP contribution in [0.25, 0.3) is 10.6 Å². The van der Waals surface area contributed by atoms with Gasteiger partial charge in [0.1, 0.15) is 10.6 Å². The molecule has 0 spiro atoms. The van der Waals surface area contributed by atoms with Gasteiger partial charge >= 0.3 is 5.97 Å². The van der Waals surface area contributed by atoms with Crippen molar-refractivity contribution in [1.82, 2.24) is 9.78 Å². The second kappa shape index (κ2) is 4.97. The number of carboxylic acid groups (broad SMARTS) is 1. The predicted molar refractivity (Wildman–Crippen MR) is 67.3 cm³/mol. The van der Waals surface area contributed by atoms with Gasteiger partial charge in [0.05, 0.1) is 11.4 Å². The summed E-state index contributed by atoms with van der Waals surface area (Å²) in [4.78, 5) is 12.0. The number of hydrogen-bond acceptors (Lipinski definition) is 3. The number of rotatable bonds is 4. The molecule has 0 aliphatic heterocycles. The van der Waals surface area contributed by atoms with Crippen LogP contribution in [0.1, 0.15) is 16.6 Å². The Bertz CT molecular complexity index is 554. The van der Waals surface area contributed by atoms with Gasteiger partial charge in [-0.2, -0.15) is 5.10 Å². The Labute approximate surface area is 103 Å². The molecule has 2 aromatic rings. The van der Waals surface area contributed by atoms with Crippen LogP contribution < -0.4 is 0 Å². The zero-order valence-corrected chi connectivity index (χ0v) is 10.1. The molecule has 0 bridgehead atoms. The second-order valence-corrected chi connectivity index (χ2v) is 4.54. The van der Waals surface area contributed by atoms with Crippen LogP contribution in [0.2, 0.25) is 0 Å². The van der Waals surface area contributed by atoms with Crippen LogP contribution in [-0.4, -0.2) is 20.9 Å². The lowest BCUT2D eigenvalue weighted by molar-refractivity contribution is 0.0702. The normalized spacial score (nSPS) is 11.1. The zero-order chi connectivity index (χ0) is 12.3. The van der Waals surface area contributed by atoms with Gasteiger partial charge in [-0.1, -0.05) is 12.2 Å². The molecule has 0 amide bonds. The first-order valence-electron chi connectivity index (χ1n) is 5.19. The van der Waals surface area contributed by atoms with Crippen molar-refractivity contribution in [1.29, 1.82) is 0 Å². The summed E-state index contributed by atoms with van der Waals surface area (Å²) in [6.45, 7) is 2.69. The fourth-order valence-corrected chi connectivity index (χ4v) is 2.21. The number of aromatic carboxylic acids is 1. The van der Waals surface area contributed by atoms with E-state index in [0.29, 0.717) is 4.88 Å². The highest BCUT2D eigenvalue weighted by atomic mass is 32.1. The minimum Gasteiger partial charge on any atom is -0.477 e. The summed E-state index contributed by atoms with van der Waals surface area (Å²) in [5.74, 6) is -0.894. The Morgan fingerprint density at radius 3 is 3.00 bits per heavy atom. The van der Waals surface area contributed by atoms with Gasteiger partial charge in [0.25, 0.3) is 0 Å². The van der Waals surface area contributed by atoms with E-state index in [0.717, 1.165) is 17.1 Å². The van der Waals surface area contributed by atoms with Crippen LogP contribution in [0, 0.1) is 0 Å². The maximum absolute atomic E-state index is 10.8. The molecule has 0 aromatic carbocycles. The first kappa shape index (κ1) is 11.6. The van der Waals surface area contributed by atoms with E-state index in [1.807, 2.05) is 36.0 Å². The first-order chi connectivity index (χ1) is 8.20. The lowest BCUT2D eigenvalue weighted by atomic mass is 10.3. The molecular formula is C12H12N2O2S. The van der Waals surface area contributed by atoms with Gasteiger partial charge < -0.3 is 5.11 Å². The third-order valence-electron chi connectivity index (χ3n) is 2.24. The fourth-order valence-electron chi connectivity index (χ4n) is 1.40. The standard InChI is InChI=1S/C12H12N2O2S/c1-2-3-7-14-8-6-9(13-14)10-4-5-11(17-10)12(15)16/h2-6,8H,7H2,1H3,(H,15,16). The van der Waals surface area contributed by atoms with Crippen LogP contribution in [0.15, 0.2) is 36.5 Å². The highest BCUT2D eigenvalue weighted by Crippen LogP contribution is 2.26. The molecule has 0 fully saturated rings. The van der Waals surface area contributed by atoms with Crippen molar-refractivity contribution in [3.63, 3.8) is 0 Å². The van der Waals surface area contributed by atoms with Crippen molar-refractivity contribution in [3.8, 4) is 10.6 Å². The molecule has 2 heterocycles. The van der Waals surface area contributed by atoms with Crippen LogP contribution >= 0.6 is 11.3 Å². The molecule has 0 saturated carbocycles. The van der Waals surface area contributed by atoms with E-state index in [-0.39, 0.29) is 0 Å². The maximum Gasteiger partial charge on any atom is 0.345 e. The first-order valence-corrected chi connectivity index (χ1v) is 6.00. The third kappa shape index (κ3) is 2.62. The quantitative estimate of drug-likeness (QED) is 0.846. The van der Waals surface area contributed by atoms with Gasteiger partial charge in [0.15, 0.2) is 0 Å². The van der Waals surface area contributed by atoms with Gasteiger partial charge in [-0.25, -0.2) is 4.79 Å². The van der Waals surface area contributed by atoms with Crippen molar-refractivity contribution >= 4 is 17.3 Å². The molecule has 0 unspecified atom stereocenters. The van der Waals surface area contributed by atoms with Gasteiger partial charge in [-0.3, -0.25) is 4.68 Å². The number of allylic oxidation sites excluding steroid dienone is 2. The fraction of sp³-hybridized carbons (Fsp3) is 0.167. The molecule has 0 radical (unpaired) electrons. The van der Waals surface area contributed by atoms with Crippen LogP contribution in [0.3, 0.4) is 0 Å². The molecule has 2 rings (SSSR count). The molecule has 0 aliphatic carbocycles. The number of nitrogens with zero attached hydrogens (tertiary/aromatic N) is 2. The molecule has 0 atom stereocenters. The van der Waals surface area contributed by atoms with E-state index in [1.54, 1.807) is 12.1 Å². The molecule has 0 saturated heterocycles. The Hall–Kier alpha value is -1.88. The van der Waals surface area contributed by atoms with Gasteiger partial charge in [0.2, 0.25) is 0 Å². The summed E-state index contributed by atoms with van der Waals surface area (Å²) in [7, 11) is 0. The van der Waals surface area contributed by atoms with E-state index >= 15 is 0 Å². The molecule has 2 aromatic heterocycles. The SMILES string of the molecule is CC=CCn1ccc(-c2ccc(C(=O)O)s2)n1. The molecule has 0 aliphatic rings. The average molecular weight is 248 g/mol. The topological polar surface area (TPSA) is 55.1 Å². The van der Waals surface area contributed by atoms with Crippen LogP contribution in [-0.2, 0) is 6.54 Å². The zero-order valence-electron chi connectivity index (χ0n) is 9.33. The van der Waals surface area contributed by atoms with E-state index in [2.05, 4.69) is 5.10 Å². The number of aromatic nitrogens is 2. The molecule has 88 valence electrons. The Morgan fingerprint density at radius 2 is 2.35 bits per heavy atom. The van der Waals surface area contributed by atoms with Crippen molar-refractivity contribution in [2.75, 3.05) is 0 Å². The van der Waals surface area contributed by atoms with E-state index < -0.39 is 5.97 Å². The molecule has 17 heavy (non-hydrogen) atoms. The Morgan fingerprint density at radius 1 is 1.53 bits per heavy atom. The van der Waals surface area contributed by atoms with E-state index in [9.17, 15) is 4.79 Å². The second-order valence-electron chi connectivity index (χ2n) is 3.46. The predicted octanol–water partition coefficient (Wildman–Crippen LogP) is 2.89. The third-order valence-corrected chi connectivity index (χ3v) is 3.33.